The highest BCUT2D eigenvalue weighted by molar-refractivity contribution is 6.31. The van der Waals surface area contributed by atoms with Crippen molar-refractivity contribution in [3.8, 4) is 0 Å². The molecule has 0 saturated carbocycles. The van der Waals surface area contributed by atoms with E-state index in [1.807, 2.05) is 6.92 Å². The summed E-state index contributed by atoms with van der Waals surface area (Å²) in [6, 6.07) is 0. The lowest BCUT2D eigenvalue weighted by Gasteiger charge is -2.04. The zero-order chi connectivity index (χ0) is 8.69. The van der Waals surface area contributed by atoms with Crippen molar-refractivity contribution >= 4 is 11.6 Å². The molecule has 0 unspecified atom stereocenters. The van der Waals surface area contributed by atoms with Crippen molar-refractivity contribution in [2.45, 2.75) is 13.3 Å². The monoisotopic (exact) mass is 172 g/mol. The van der Waals surface area contributed by atoms with Crippen LogP contribution >= 0.6 is 11.6 Å². The van der Waals surface area contributed by atoms with Crippen molar-refractivity contribution in [1.82, 2.24) is 0 Å². The minimum absolute atomic E-state index is 0.564. The molecule has 0 aliphatic carbocycles. The Labute approximate surface area is 73.0 Å². The Balaban J connectivity index is 3.75. The van der Waals surface area contributed by atoms with Gasteiger partial charge in [0.1, 0.15) is 5.76 Å². The third kappa shape index (κ3) is 4.68. The highest BCUT2D eigenvalue weighted by Crippen LogP contribution is 2.10. The highest BCUT2D eigenvalue weighted by Gasteiger charge is 1.93. The standard InChI is InChI=1S/C9H13ClO/c1-4-6-7-11-8(3)9(10)5-2/h4-5H,1-2,6-7H2,3H3/b9-8-. The first kappa shape index (κ1) is 10.3. The number of ether oxygens (including phenoxy) is 1. The lowest BCUT2D eigenvalue weighted by atomic mass is 10.4. The van der Waals surface area contributed by atoms with E-state index in [1.165, 1.54) is 0 Å². The van der Waals surface area contributed by atoms with Gasteiger partial charge in [0.25, 0.3) is 0 Å². The molecule has 0 heterocycles. The van der Waals surface area contributed by atoms with Gasteiger partial charge in [0.15, 0.2) is 0 Å². The number of halogens is 1. The molecule has 0 aliphatic heterocycles. The van der Waals surface area contributed by atoms with E-state index in [-0.39, 0.29) is 0 Å². The minimum atomic E-state index is 0.564. The second kappa shape index (κ2) is 6.05. The Morgan fingerprint density at radius 1 is 1.55 bits per heavy atom. The maximum atomic E-state index is 5.71. The van der Waals surface area contributed by atoms with Gasteiger partial charge in [-0.25, -0.2) is 0 Å². The van der Waals surface area contributed by atoms with E-state index in [0.29, 0.717) is 17.4 Å². The van der Waals surface area contributed by atoms with Crippen molar-refractivity contribution in [2.75, 3.05) is 6.61 Å². The van der Waals surface area contributed by atoms with Gasteiger partial charge >= 0.3 is 0 Å². The third-order valence-corrected chi connectivity index (χ3v) is 1.58. The van der Waals surface area contributed by atoms with Gasteiger partial charge in [-0.1, -0.05) is 24.3 Å². The van der Waals surface area contributed by atoms with Crippen LogP contribution in [0.3, 0.4) is 0 Å². The average molecular weight is 173 g/mol. The minimum Gasteiger partial charge on any atom is -0.496 e. The normalized spacial score (nSPS) is 11.8. The second-order valence-electron chi connectivity index (χ2n) is 2.03. The Morgan fingerprint density at radius 3 is 2.64 bits per heavy atom. The van der Waals surface area contributed by atoms with Gasteiger partial charge in [0.05, 0.1) is 11.6 Å². The molecule has 0 aliphatic rings. The topological polar surface area (TPSA) is 9.23 Å². The molecule has 0 atom stereocenters. The first-order chi connectivity index (χ1) is 5.22. The summed E-state index contributed by atoms with van der Waals surface area (Å²) in [4.78, 5) is 0. The van der Waals surface area contributed by atoms with Gasteiger partial charge in [0, 0.05) is 0 Å². The predicted octanol–water partition coefficient (Wildman–Crippen LogP) is 3.24. The fraction of sp³-hybridized carbons (Fsp3) is 0.333. The van der Waals surface area contributed by atoms with Gasteiger partial charge in [-0.15, -0.1) is 6.58 Å². The van der Waals surface area contributed by atoms with Crippen molar-refractivity contribution < 1.29 is 4.74 Å². The van der Waals surface area contributed by atoms with Gasteiger partial charge in [0.2, 0.25) is 0 Å². The number of allylic oxidation sites excluding steroid dienone is 3. The molecule has 0 rings (SSSR count). The molecule has 0 N–H and O–H groups in total. The number of hydrogen-bond acceptors (Lipinski definition) is 1. The summed E-state index contributed by atoms with van der Waals surface area (Å²) in [7, 11) is 0. The smallest absolute Gasteiger partial charge is 0.111 e. The summed E-state index contributed by atoms with van der Waals surface area (Å²) in [5, 5.41) is 0.564. The van der Waals surface area contributed by atoms with Crippen LogP contribution in [-0.2, 0) is 4.74 Å². The lowest BCUT2D eigenvalue weighted by molar-refractivity contribution is 0.219. The van der Waals surface area contributed by atoms with Crippen LogP contribution in [0.4, 0.5) is 0 Å². The fourth-order valence-corrected chi connectivity index (χ4v) is 0.563. The Morgan fingerprint density at radius 2 is 2.18 bits per heavy atom. The van der Waals surface area contributed by atoms with Crippen molar-refractivity contribution in [3.05, 3.63) is 36.1 Å². The van der Waals surface area contributed by atoms with E-state index in [2.05, 4.69) is 13.2 Å². The van der Waals surface area contributed by atoms with E-state index in [1.54, 1.807) is 12.2 Å². The first-order valence-electron chi connectivity index (χ1n) is 3.45. The summed E-state index contributed by atoms with van der Waals surface area (Å²) in [5.74, 6) is 0.712. The molecule has 0 radical (unpaired) electrons. The van der Waals surface area contributed by atoms with Crippen LogP contribution in [0.15, 0.2) is 36.1 Å². The van der Waals surface area contributed by atoms with E-state index in [4.69, 9.17) is 16.3 Å². The van der Waals surface area contributed by atoms with E-state index < -0.39 is 0 Å². The van der Waals surface area contributed by atoms with Crippen LogP contribution in [0, 0.1) is 0 Å². The molecule has 0 bridgehead atoms. The van der Waals surface area contributed by atoms with Crippen LogP contribution < -0.4 is 0 Å². The van der Waals surface area contributed by atoms with Crippen molar-refractivity contribution in [3.63, 3.8) is 0 Å². The van der Waals surface area contributed by atoms with Crippen LogP contribution in [0.5, 0.6) is 0 Å². The summed E-state index contributed by atoms with van der Waals surface area (Å²) in [6.07, 6.45) is 4.19. The summed E-state index contributed by atoms with van der Waals surface area (Å²) >= 11 is 5.71. The molecular formula is C9H13ClO. The largest absolute Gasteiger partial charge is 0.496 e. The Bertz CT molecular complexity index is 170. The van der Waals surface area contributed by atoms with Gasteiger partial charge in [-0.3, -0.25) is 0 Å². The maximum Gasteiger partial charge on any atom is 0.111 e. The summed E-state index contributed by atoms with van der Waals surface area (Å²) < 4.78 is 5.24. The van der Waals surface area contributed by atoms with Crippen LogP contribution in [0.1, 0.15) is 13.3 Å². The quantitative estimate of drug-likeness (QED) is 0.268. The molecule has 11 heavy (non-hydrogen) atoms. The zero-order valence-corrected chi connectivity index (χ0v) is 7.53. The van der Waals surface area contributed by atoms with Gasteiger partial charge in [-0.05, 0) is 19.4 Å². The molecule has 2 heteroatoms. The number of rotatable bonds is 5. The molecule has 0 aromatic rings. The van der Waals surface area contributed by atoms with Crippen molar-refractivity contribution in [1.29, 1.82) is 0 Å². The fourth-order valence-electron chi connectivity index (χ4n) is 0.508. The highest BCUT2D eigenvalue weighted by atomic mass is 35.5. The molecule has 62 valence electrons. The van der Waals surface area contributed by atoms with E-state index >= 15 is 0 Å². The van der Waals surface area contributed by atoms with Crippen LogP contribution in [0.25, 0.3) is 0 Å². The second-order valence-corrected chi connectivity index (χ2v) is 2.44. The SMILES string of the molecule is C=CCCO/C(C)=C(\Cl)C=C. The molecule has 0 saturated heterocycles. The third-order valence-electron chi connectivity index (χ3n) is 1.16. The van der Waals surface area contributed by atoms with Crippen molar-refractivity contribution in [2.24, 2.45) is 0 Å². The molecule has 0 amide bonds. The van der Waals surface area contributed by atoms with Crippen LogP contribution in [-0.4, -0.2) is 6.61 Å². The molecule has 0 aromatic heterocycles. The lowest BCUT2D eigenvalue weighted by Crippen LogP contribution is -1.91. The van der Waals surface area contributed by atoms with Gasteiger partial charge in [-0.2, -0.15) is 0 Å². The first-order valence-corrected chi connectivity index (χ1v) is 3.82. The van der Waals surface area contributed by atoms with E-state index in [0.717, 1.165) is 6.42 Å². The molecule has 0 aromatic carbocycles. The molecule has 0 spiro atoms. The zero-order valence-electron chi connectivity index (χ0n) is 6.77. The summed E-state index contributed by atoms with van der Waals surface area (Å²) in [6.45, 7) is 9.53. The van der Waals surface area contributed by atoms with Crippen LogP contribution in [0.2, 0.25) is 0 Å². The predicted molar refractivity (Wildman–Crippen MR) is 49.5 cm³/mol. The molecule has 1 nitrogen and oxygen atoms in total. The average Bonchev–Trinajstić information content (AvgIpc) is 2.03. The van der Waals surface area contributed by atoms with Gasteiger partial charge < -0.3 is 4.74 Å². The summed E-state index contributed by atoms with van der Waals surface area (Å²) in [5.41, 5.74) is 0. The van der Waals surface area contributed by atoms with E-state index in [9.17, 15) is 0 Å². The Hall–Kier alpha value is -0.690. The number of hydrogen-bond donors (Lipinski definition) is 0. The Kier molecular flexibility index (Phi) is 5.67. The maximum absolute atomic E-state index is 5.71. The molecular weight excluding hydrogens is 160 g/mol. The molecule has 0 fully saturated rings.